The van der Waals surface area contributed by atoms with E-state index in [2.05, 4.69) is 5.10 Å². The Morgan fingerprint density at radius 1 is 1.26 bits per heavy atom. The van der Waals surface area contributed by atoms with Crippen molar-refractivity contribution in [2.24, 2.45) is 5.73 Å². The minimum atomic E-state index is -0.327. The van der Waals surface area contributed by atoms with Crippen LogP contribution >= 0.6 is 0 Å². The van der Waals surface area contributed by atoms with E-state index in [-0.39, 0.29) is 17.0 Å². The summed E-state index contributed by atoms with van der Waals surface area (Å²) in [6.45, 7) is 5.77. The first kappa shape index (κ1) is 13.0. The van der Waals surface area contributed by atoms with Crippen LogP contribution in [0.4, 0.5) is 0 Å². The molecule has 2 rings (SSSR count). The monoisotopic (exact) mass is 256 g/mol. The molecule has 1 heterocycles. The lowest BCUT2D eigenvalue weighted by Crippen LogP contribution is -2.27. The molecule has 3 N–H and O–H groups in total. The molecule has 0 amide bonds. The van der Waals surface area contributed by atoms with Crippen LogP contribution in [0.25, 0.3) is 5.69 Å². The molecule has 0 aliphatic carbocycles. The maximum Gasteiger partial charge on any atom is 0.211 e. The SMILES string of the molecule is Cc1ccc(C)c(-n2nc(C(=N)N)c(=O)cc2C)c1. The second-order valence-electron chi connectivity index (χ2n) is 4.61. The predicted molar refractivity (Wildman–Crippen MR) is 75.1 cm³/mol. The van der Waals surface area contributed by atoms with Crippen molar-refractivity contribution >= 4 is 5.84 Å². The summed E-state index contributed by atoms with van der Waals surface area (Å²) >= 11 is 0. The van der Waals surface area contributed by atoms with Gasteiger partial charge in [-0.3, -0.25) is 10.2 Å². The van der Waals surface area contributed by atoms with E-state index in [1.54, 1.807) is 11.6 Å². The molecule has 0 fully saturated rings. The van der Waals surface area contributed by atoms with Crippen molar-refractivity contribution < 1.29 is 0 Å². The Balaban J connectivity index is 2.75. The van der Waals surface area contributed by atoms with Crippen LogP contribution in [0, 0.1) is 26.2 Å². The quantitative estimate of drug-likeness (QED) is 0.630. The van der Waals surface area contributed by atoms with Gasteiger partial charge < -0.3 is 5.73 Å². The molecule has 0 bridgehead atoms. The number of hydrogen-bond acceptors (Lipinski definition) is 3. The van der Waals surface area contributed by atoms with E-state index >= 15 is 0 Å². The topological polar surface area (TPSA) is 84.8 Å². The third kappa shape index (κ3) is 2.40. The molecule has 19 heavy (non-hydrogen) atoms. The highest BCUT2D eigenvalue weighted by Gasteiger charge is 2.11. The van der Waals surface area contributed by atoms with Gasteiger partial charge in [0.15, 0.2) is 5.69 Å². The van der Waals surface area contributed by atoms with E-state index in [9.17, 15) is 4.79 Å². The molecule has 0 saturated carbocycles. The Morgan fingerprint density at radius 2 is 1.95 bits per heavy atom. The maximum absolute atomic E-state index is 11.7. The first-order valence-electron chi connectivity index (χ1n) is 5.93. The van der Waals surface area contributed by atoms with E-state index < -0.39 is 0 Å². The molecule has 0 atom stereocenters. The van der Waals surface area contributed by atoms with Crippen molar-refractivity contribution in [2.75, 3.05) is 0 Å². The molecule has 0 aliphatic rings. The van der Waals surface area contributed by atoms with E-state index in [1.165, 1.54) is 6.07 Å². The van der Waals surface area contributed by atoms with Gasteiger partial charge >= 0.3 is 0 Å². The molecule has 1 aromatic carbocycles. The van der Waals surface area contributed by atoms with Gasteiger partial charge in [0.05, 0.1) is 5.69 Å². The third-order valence-electron chi connectivity index (χ3n) is 2.96. The number of nitrogens with one attached hydrogen (secondary N) is 1. The zero-order chi connectivity index (χ0) is 14.2. The fourth-order valence-corrected chi connectivity index (χ4v) is 1.93. The van der Waals surface area contributed by atoms with Crippen molar-refractivity contribution in [1.29, 1.82) is 5.41 Å². The zero-order valence-corrected chi connectivity index (χ0v) is 11.2. The highest BCUT2D eigenvalue weighted by Crippen LogP contribution is 2.16. The summed E-state index contributed by atoms with van der Waals surface area (Å²) in [4.78, 5) is 11.7. The number of nitrogens with two attached hydrogens (primary N) is 1. The molecule has 0 radical (unpaired) electrons. The number of hydrogen-bond donors (Lipinski definition) is 2. The average molecular weight is 256 g/mol. The summed E-state index contributed by atoms with van der Waals surface area (Å²) in [5, 5.41) is 11.6. The number of benzene rings is 1. The smallest absolute Gasteiger partial charge is 0.211 e. The molecule has 5 nitrogen and oxygen atoms in total. The van der Waals surface area contributed by atoms with Gasteiger partial charge in [-0.15, -0.1) is 0 Å². The van der Waals surface area contributed by atoms with Crippen LogP contribution in [0.1, 0.15) is 22.5 Å². The zero-order valence-electron chi connectivity index (χ0n) is 11.2. The molecule has 0 spiro atoms. The summed E-state index contributed by atoms with van der Waals surface area (Å²) in [6.07, 6.45) is 0. The summed E-state index contributed by atoms with van der Waals surface area (Å²) < 4.78 is 1.65. The van der Waals surface area contributed by atoms with E-state index in [4.69, 9.17) is 11.1 Å². The molecule has 1 aromatic heterocycles. The molecular weight excluding hydrogens is 240 g/mol. The number of aromatic nitrogens is 2. The Bertz CT molecular complexity index is 716. The number of amidine groups is 1. The van der Waals surface area contributed by atoms with Crippen LogP contribution in [0.3, 0.4) is 0 Å². The highest BCUT2D eigenvalue weighted by molar-refractivity contribution is 5.92. The Labute approximate surface area is 111 Å². The van der Waals surface area contributed by atoms with Crippen LogP contribution < -0.4 is 11.2 Å². The summed E-state index contributed by atoms with van der Waals surface area (Å²) in [6, 6.07) is 7.45. The Kier molecular flexibility index (Phi) is 3.21. The van der Waals surface area contributed by atoms with Crippen molar-refractivity contribution in [3.05, 3.63) is 57.0 Å². The first-order valence-corrected chi connectivity index (χ1v) is 5.93. The summed E-state index contributed by atoms with van der Waals surface area (Å²) in [5.74, 6) is -0.316. The fourth-order valence-electron chi connectivity index (χ4n) is 1.93. The predicted octanol–water partition coefficient (Wildman–Crippen LogP) is 1.44. The van der Waals surface area contributed by atoms with Gasteiger partial charge in [-0.05, 0) is 38.0 Å². The van der Waals surface area contributed by atoms with Crippen LogP contribution in [0.15, 0.2) is 29.1 Å². The molecule has 2 aromatic rings. The maximum atomic E-state index is 11.7. The van der Waals surface area contributed by atoms with Gasteiger partial charge in [0, 0.05) is 11.8 Å². The number of rotatable bonds is 2. The van der Waals surface area contributed by atoms with Gasteiger partial charge in [-0.2, -0.15) is 5.10 Å². The third-order valence-corrected chi connectivity index (χ3v) is 2.96. The Morgan fingerprint density at radius 3 is 2.58 bits per heavy atom. The minimum absolute atomic E-state index is 0.0218. The fraction of sp³-hybridized carbons (Fsp3) is 0.214. The number of aryl methyl sites for hydroxylation is 3. The van der Waals surface area contributed by atoms with Crippen LogP contribution in [0.2, 0.25) is 0 Å². The molecule has 0 unspecified atom stereocenters. The van der Waals surface area contributed by atoms with Gasteiger partial charge in [-0.25, -0.2) is 4.68 Å². The number of nitrogens with zero attached hydrogens (tertiary/aromatic N) is 2. The molecule has 98 valence electrons. The second kappa shape index (κ2) is 4.68. The summed E-state index contributed by atoms with van der Waals surface area (Å²) in [7, 11) is 0. The second-order valence-corrected chi connectivity index (χ2v) is 4.61. The van der Waals surface area contributed by atoms with E-state index in [1.807, 2.05) is 32.0 Å². The lowest BCUT2D eigenvalue weighted by Gasteiger charge is -2.13. The average Bonchev–Trinajstić information content (AvgIpc) is 2.32. The normalized spacial score (nSPS) is 10.5. The van der Waals surface area contributed by atoms with Crippen LogP contribution in [0.5, 0.6) is 0 Å². The highest BCUT2D eigenvalue weighted by atomic mass is 16.1. The first-order chi connectivity index (χ1) is 8.90. The largest absolute Gasteiger partial charge is 0.382 e. The Hall–Kier alpha value is -2.43. The number of nitrogen functional groups attached to an aromatic ring is 1. The molecule has 0 aliphatic heterocycles. The minimum Gasteiger partial charge on any atom is -0.382 e. The van der Waals surface area contributed by atoms with Crippen molar-refractivity contribution in [1.82, 2.24) is 9.78 Å². The van der Waals surface area contributed by atoms with Gasteiger partial charge in [-0.1, -0.05) is 12.1 Å². The van der Waals surface area contributed by atoms with E-state index in [0.29, 0.717) is 5.69 Å². The molecule has 5 heteroatoms. The van der Waals surface area contributed by atoms with Crippen molar-refractivity contribution in [3.63, 3.8) is 0 Å². The lowest BCUT2D eigenvalue weighted by atomic mass is 10.1. The molecular formula is C14H16N4O. The van der Waals surface area contributed by atoms with Crippen molar-refractivity contribution in [2.45, 2.75) is 20.8 Å². The van der Waals surface area contributed by atoms with Crippen molar-refractivity contribution in [3.8, 4) is 5.69 Å². The van der Waals surface area contributed by atoms with Gasteiger partial charge in [0.25, 0.3) is 0 Å². The van der Waals surface area contributed by atoms with Gasteiger partial charge in [0.2, 0.25) is 5.43 Å². The van der Waals surface area contributed by atoms with Gasteiger partial charge in [0.1, 0.15) is 5.84 Å². The van der Waals surface area contributed by atoms with Crippen LogP contribution in [-0.2, 0) is 0 Å². The summed E-state index contributed by atoms with van der Waals surface area (Å²) in [5.41, 5.74) is 8.78. The van der Waals surface area contributed by atoms with E-state index in [0.717, 1.165) is 16.8 Å². The van der Waals surface area contributed by atoms with Crippen LogP contribution in [-0.4, -0.2) is 15.6 Å². The lowest BCUT2D eigenvalue weighted by molar-refractivity contribution is 0.786. The standard InChI is InChI=1S/C14H16N4O/c1-8-4-5-9(2)11(6-8)18-10(3)7-12(19)13(17-18)14(15)16/h4-7H,1-3H3,(H3,15,16). The molecule has 0 saturated heterocycles.